The van der Waals surface area contributed by atoms with Crippen LogP contribution in [0, 0.1) is 0 Å². The Morgan fingerprint density at radius 3 is 2.23 bits per heavy atom. The number of hydrogen-bond acceptors (Lipinski definition) is 11. The second-order valence-corrected chi connectivity index (χ2v) is 13.6. The molecular formula is C23H27N2O15P3. The van der Waals surface area contributed by atoms with Gasteiger partial charge in [0, 0.05) is 12.6 Å². The summed E-state index contributed by atoms with van der Waals surface area (Å²) in [7, 11) is -16.8. The molecule has 3 unspecified atom stereocenters. The number of aliphatic hydroxyl groups is 1. The minimum absolute atomic E-state index is 0.0617. The van der Waals surface area contributed by atoms with Crippen LogP contribution in [0.1, 0.15) is 23.8 Å². The summed E-state index contributed by atoms with van der Waals surface area (Å²) in [6, 6.07) is 17.2. The van der Waals surface area contributed by atoms with Crippen LogP contribution in [-0.2, 0) is 49.5 Å². The minimum atomic E-state index is -5.73. The van der Waals surface area contributed by atoms with Crippen LogP contribution in [0.3, 0.4) is 0 Å². The van der Waals surface area contributed by atoms with Crippen LogP contribution in [0.4, 0.5) is 0 Å². The maximum absolute atomic E-state index is 12.5. The molecule has 4 rings (SSSR count). The van der Waals surface area contributed by atoms with E-state index in [1.54, 1.807) is 0 Å². The lowest BCUT2D eigenvalue weighted by Gasteiger charge is -2.19. The van der Waals surface area contributed by atoms with Gasteiger partial charge in [-0.1, -0.05) is 54.6 Å². The van der Waals surface area contributed by atoms with E-state index >= 15 is 0 Å². The maximum Gasteiger partial charge on any atom is 0.490 e. The second kappa shape index (κ2) is 13.6. The Bertz CT molecular complexity index is 1690. The summed E-state index contributed by atoms with van der Waals surface area (Å²) < 4.78 is 58.2. The monoisotopic (exact) mass is 664 g/mol. The number of nitrogens with zero attached hydrogens (tertiary/aromatic N) is 1. The number of hydrogen-bond donors (Lipinski definition) is 6. The molecule has 2 aromatic carbocycles. The first-order valence-corrected chi connectivity index (χ1v) is 16.8. The van der Waals surface area contributed by atoms with Crippen LogP contribution in [0.5, 0.6) is 0 Å². The van der Waals surface area contributed by atoms with Crippen LogP contribution in [-0.4, -0.2) is 53.0 Å². The highest BCUT2D eigenvalue weighted by Gasteiger charge is 2.43. The molecule has 17 nitrogen and oxygen atoms in total. The molecule has 0 amide bonds. The standard InChI is InChI=1S/C23H27N2O15P3/c26-19-10-21(38-20(19)14-37-42(32,33)40-43(34,35)39-41(29,30)31)25-11-17(22(27)24-23(25)28)13-36-12-16-8-4-5-9-18(16)15-6-2-1-3-7-15/h1-9,11,19-21,26H,10,12-14H2,(H,32,33)(H,34,35)(H,24,27,28)(H2,29,30,31)/t19?,20-,21-/m1/s1. The summed E-state index contributed by atoms with van der Waals surface area (Å²) >= 11 is 0. The first kappa shape index (κ1) is 33.3. The molecule has 5 atom stereocenters. The summed E-state index contributed by atoms with van der Waals surface area (Å²) in [6.07, 6.45) is -2.98. The fourth-order valence-electron chi connectivity index (χ4n) is 4.17. The SMILES string of the molecule is O=c1[nH]c(=O)n([C@H]2CC(O)[C@@H](COP(=O)(O)OP(=O)(O)OP(=O)(O)O)O2)cc1COCc1ccccc1-c1ccccc1. The number of rotatable bonds is 13. The van der Waals surface area contributed by atoms with Crippen LogP contribution in [0.25, 0.3) is 11.1 Å². The number of ether oxygens (including phenoxy) is 2. The molecule has 0 aliphatic carbocycles. The van der Waals surface area contributed by atoms with Crippen molar-refractivity contribution >= 4 is 23.5 Å². The summed E-state index contributed by atoms with van der Waals surface area (Å²) in [5.74, 6) is 0. The first-order chi connectivity index (χ1) is 20.1. The van der Waals surface area contributed by atoms with Gasteiger partial charge in [0.2, 0.25) is 0 Å². The van der Waals surface area contributed by atoms with Crippen molar-refractivity contribution in [1.29, 1.82) is 0 Å². The molecule has 1 aliphatic heterocycles. The van der Waals surface area contributed by atoms with E-state index in [1.165, 1.54) is 6.20 Å². The Labute approximate surface area is 242 Å². The van der Waals surface area contributed by atoms with E-state index in [1.807, 2.05) is 54.6 Å². The van der Waals surface area contributed by atoms with E-state index in [-0.39, 0.29) is 25.2 Å². The van der Waals surface area contributed by atoms with E-state index in [4.69, 9.17) is 19.3 Å². The van der Waals surface area contributed by atoms with Gasteiger partial charge in [-0.05, 0) is 16.7 Å². The third-order valence-electron chi connectivity index (χ3n) is 5.99. The van der Waals surface area contributed by atoms with Crippen molar-refractivity contribution in [2.75, 3.05) is 6.61 Å². The minimum Gasteiger partial charge on any atom is -0.390 e. The molecule has 2 heterocycles. The molecule has 3 aromatic rings. The van der Waals surface area contributed by atoms with Crippen LogP contribution >= 0.6 is 23.5 Å². The predicted octanol–water partition coefficient (Wildman–Crippen LogP) is 1.91. The van der Waals surface area contributed by atoms with Gasteiger partial charge in [-0.25, -0.2) is 18.5 Å². The molecule has 20 heteroatoms. The zero-order chi connectivity index (χ0) is 31.4. The Morgan fingerprint density at radius 2 is 1.53 bits per heavy atom. The topological polar surface area (TPSA) is 253 Å². The van der Waals surface area contributed by atoms with Gasteiger partial charge in [-0.15, -0.1) is 0 Å². The van der Waals surface area contributed by atoms with E-state index in [2.05, 4.69) is 18.1 Å². The zero-order valence-corrected chi connectivity index (χ0v) is 24.6. The Morgan fingerprint density at radius 1 is 0.884 bits per heavy atom. The van der Waals surface area contributed by atoms with Crippen LogP contribution in [0.2, 0.25) is 0 Å². The van der Waals surface area contributed by atoms with Crippen molar-refractivity contribution in [3.8, 4) is 11.1 Å². The zero-order valence-electron chi connectivity index (χ0n) is 21.9. The van der Waals surface area contributed by atoms with Crippen molar-refractivity contribution in [2.24, 2.45) is 0 Å². The number of aliphatic hydroxyl groups excluding tert-OH is 1. The van der Waals surface area contributed by atoms with Gasteiger partial charge in [-0.3, -0.25) is 18.9 Å². The first-order valence-electron chi connectivity index (χ1n) is 12.3. The molecule has 43 heavy (non-hydrogen) atoms. The molecule has 0 spiro atoms. The van der Waals surface area contributed by atoms with Crippen LogP contribution < -0.4 is 11.2 Å². The lowest BCUT2D eigenvalue weighted by molar-refractivity contribution is -0.0452. The van der Waals surface area contributed by atoms with Gasteiger partial charge in [0.1, 0.15) is 12.3 Å². The highest BCUT2D eigenvalue weighted by atomic mass is 31.3. The molecular weight excluding hydrogens is 637 g/mol. The lowest BCUT2D eigenvalue weighted by atomic mass is 10.0. The average Bonchev–Trinajstić information content (AvgIpc) is 3.27. The van der Waals surface area contributed by atoms with Crippen molar-refractivity contribution in [2.45, 2.75) is 38.1 Å². The second-order valence-electron chi connectivity index (χ2n) is 9.16. The van der Waals surface area contributed by atoms with Crippen molar-refractivity contribution in [1.82, 2.24) is 9.55 Å². The molecule has 234 valence electrons. The van der Waals surface area contributed by atoms with Gasteiger partial charge < -0.3 is 34.2 Å². The number of aromatic amines is 1. The number of nitrogens with one attached hydrogen (secondary N) is 1. The maximum atomic E-state index is 12.5. The Kier molecular flexibility index (Phi) is 10.5. The average molecular weight is 664 g/mol. The Balaban J connectivity index is 1.39. The predicted molar refractivity (Wildman–Crippen MR) is 146 cm³/mol. The normalized spacial score (nSPS) is 21.7. The van der Waals surface area contributed by atoms with E-state index in [9.17, 15) is 38.2 Å². The molecule has 1 fully saturated rings. The lowest BCUT2D eigenvalue weighted by Crippen LogP contribution is -2.34. The van der Waals surface area contributed by atoms with Crippen molar-refractivity contribution < 1.29 is 61.0 Å². The molecule has 1 aromatic heterocycles. The summed E-state index contributed by atoms with van der Waals surface area (Å²) in [4.78, 5) is 63.2. The van der Waals surface area contributed by atoms with Gasteiger partial charge in [0.05, 0.1) is 31.5 Å². The number of phosphoric acid groups is 3. The fraction of sp³-hybridized carbons (Fsp3) is 0.304. The third kappa shape index (κ3) is 9.45. The quantitative estimate of drug-likeness (QED) is 0.143. The van der Waals surface area contributed by atoms with E-state index in [0.717, 1.165) is 21.3 Å². The fourth-order valence-corrected chi connectivity index (χ4v) is 7.20. The smallest absolute Gasteiger partial charge is 0.390 e. The molecule has 1 saturated heterocycles. The number of aromatic nitrogens is 2. The van der Waals surface area contributed by atoms with E-state index in [0.29, 0.717) is 0 Å². The molecule has 0 saturated carbocycles. The van der Waals surface area contributed by atoms with Gasteiger partial charge in [0.25, 0.3) is 5.56 Å². The van der Waals surface area contributed by atoms with Gasteiger partial charge in [-0.2, -0.15) is 8.62 Å². The highest BCUT2D eigenvalue weighted by molar-refractivity contribution is 7.66. The number of H-pyrrole nitrogens is 1. The molecule has 6 N–H and O–H groups in total. The van der Waals surface area contributed by atoms with Crippen LogP contribution in [0.15, 0.2) is 70.4 Å². The van der Waals surface area contributed by atoms with E-state index < -0.39 is 59.8 Å². The molecule has 1 aliphatic rings. The molecule has 0 radical (unpaired) electrons. The largest absolute Gasteiger partial charge is 0.490 e. The molecule has 0 bridgehead atoms. The van der Waals surface area contributed by atoms with Gasteiger partial charge in [0.15, 0.2) is 0 Å². The summed E-state index contributed by atoms with van der Waals surface area (Å²) in [6.45, 7) is -0.968. The van der Waals surface area contributed by atoms with Crippen molar-refractivity contribution in [3.05, 3.63) is 92.8 Å². The number of phosphoric ester groups is 1. The van der Waals surface area contributed by atoms with Crippen molar-refractivity contribution in [3.63, 3.8) is 0 Å². The summed E-state index contributed by atoms with van der Waals surface area (Å²) in [5, 5.41) is 10.3. The van der Waals surface area contributed by atoms with Gasteiger partial charge >= 0.3 is 29.2 Å². The third-order valence-corrected chi connectivity index (χ3v) is 9.79. The number of benzene rings is 2. The summed E-state index contributed by atoms with van der Waals surface area (Å²) in [5.41, 5.74) is 1.26. The highest BCUT2D eigenvalue weighted by Crippen LogP contribution is 2.66. The Hall–Kier alpha value is -2.59.